The number of methoxy groups -OCH3 is 1. The van der Waals surface area contributed by atoms with E-state index in [1.807, 2.05) is 24.3 Å². The molecule has 0 bridgehead atoms. The van der Waals surface area contributed by atoms with Gasteiger partial charge in [-0.1, -0.05) is 24.3 Å². The lowest BCUT2D eigenvalue weighted by Gasteiger charge is -2.27. The Balaban J connectivity index is 1.57. The maximum absolute atomic E-state index is 13.1. The Morgan fingerprint density at radius 3 is 2.50 bits per heavy atom. The van der Waals surface area contributed by atoms with E-state index in [1.165, 1.54) is 11.8 Å². The molecular formula is C30H31N5O7. The highest BCUT2D eigenvalue weighted by atomic mass is 16.5. The van der Waals surface area contributed by atoms with Gasteiger partial charge < -0.3 is 30.0 Å². The van der Waals surface area contributed by atoms with Crippen LogP contribution < -0.4 is 26.1 Å². The van der Waals surface area contributed by atoms with Gasteiger partial charge in [0, 0.05) is 7.05 Å². The van der Waals surface area contributed by atoms with Crippen molar-refractivity contribution in [3.63, 3.8) is 0 Å². The smallest absolute Gasteiger partial charge is 0.338 e. The largest absolute Gasteiger partial charge is 0.493 e. The molecule has 1 unspecified atom stereocenters. The van der Waals surface area contributed by atoms with Gasteiger partial charge in [-0.3, -0.25) is 14.3 Å². The quantitative estimate of drug-likeness (QED) is 0.367. The van der Waals surface area contributed by atoms with Gasteiger partial charge in [0.25, 0.3) is 11.5 Å². The number of anilines is 1. The predicted octanol–water partition coefficient (Wildman–Crippen LogP) is 3.16. The van der Waals surface area contributed by atoms with Crippen molar-refractivity contribution in [2.24, 2.45) is 12.8 Å². The lowest BCUT2D eigenvalue weighted by molar-refractivity contribution is -0.139. The van der Waals surface area contributed by atoms with Crippen molar-refractivity contribution in [3.05, 3.63) is 92.9 Å². The van der Waals surface area contributed by atoms with E-state index in [1.54, 1.807) is 62.8 Å². The third kappa shape index (κ3) is 5.57. The van der Waals surface area contributed by atoms with Crippen molar-refractivity contribution in [2.45, 2.75) is 26.7 Å². The van der Waals surface area contributed by atoms with E-state index in [4.69, 9.17) is 24.7 Å². The van der Waals surface area contributed by atoms with Crippen molar-refractivity contribution >= 4 is 17.6 Å². The van der Waals surface area contributed by atoms with Crippen LogP contribution in [0.1, 0.15) is 31.0 Å². The van der Waals surface area contributed by atoms with Crippen LogP contribution in [0.5, 0.6) is 11.5 Å². The lowest BCUT2D eigenvalue weighted by atomic mass is 9.83. The number of amides is 1. The Bertz CT molecular complexity index is 1690. The van der Waals surface area contributed by atoms with E-state index in [0.29, 0.717) is 16.9 Å². The van der Waals surface area contributed by atoms with Crippen LogP contribution in [0.4, 0.5) is 5.69 Å². The molecule has 0 saturated carbocycles. The second-order valence-electron chi connectivity index (χ2n) is 9.30. The number of nitrogens with zero attached hydrogens (tertiary/aromatic N) is 3. The summed E-state index contributed by atoms with van der Waals surface area (Å²) in [6, 6.07) is 15.9. The van der Waals surface area contributed by atoms with Gasteiger partial charge in [-0.2, -0.15) is 5.26 Å². The highest BCUT2D eigenvalue weighted by Gasteiger charge is 2.36. The average Bonchev–Trinajstić information content (AvgIpc) is 3.18. The molecule has 0 radical (unpaired) electrons. The fourth-order valence-electron chi connectivity index (χ4n) is 4.70. The molecule has 0 saturated heterocycles. The number of carbonyl (C=O) groups excluding carboxylic acids is 2. The fourth-order valence-corrected chi connectivity index (χ4v) is 4.70. The van der Waals surface area contributed by atoms with Gasteiger partial charge in [0.2, 0.25) is 5.88 Å². The minimum Gasteiger partial charge on any atom is -0.493 e. The van der Waals surface area contributed by atoms with Crippen LogP contribution in [0.15, 0.2) is 76.1 Å². The maximum atomic E-state index is 13.1. The molecule has 4 rings (SSSR count). The molecule has 12 heteroatoms. The lowest BCUT2D eigenvalue weighted by Crippen LogP contribution is -2.26. The highest BCUT2D eigenvalue weighted by molar-refractivity contribution is 5.93. The maximum Gasteiger partial charge on any atom is 0.338 e. The molecule has 0 spiro atoms. The average molecular weight is 574 g/mol. The molecular weight excluding hydrogens is 542 g/mol. The fraction of sp³-hybridized carbons (Fsp3) is 0.267. The summed E-state index contributed by atoms with van der Waals surface area (Å²) in [7, 11) is 3.14. The summed E-state index contributed by atoms with van der Waals surface area (Å²) < 4.78 is 25.0. The number of benzene rings is 2. The summed E-state index contributed by atoms with van der Waals surface area (Å²) in [5.41, 5.74) is 7.63. The molecule has 1 aromatic heterocycles. The molecule has 0 aliphatic carbocycles. The van der Waals surface area contributed by atoms with Gasteiger partial charge in [0.15, 0.2) is 18.1 Å². The summed E-state index contributed by atoms with van der Waals surface area (Å²) in [6.07, 6.45) is 0. The molecule has 1 aliphatic rings. The third-order valence-electron chi connectivity index (χ3n) is 6.80. The van der Waals surface area contributed by atoms with Crippen molar-refractivity contribution in [2.75, 3.05) is 25.6 Å². The van der Waals surface area contributed by atoms with Crippen LogP contribution >= 0.6 is 0 Å². The topological polar surface area (TPSA) is 160 Å². The van der Waals surface area contributed by atoms with Crippen molar-refractivity contribution in [1.82, 2.24) is 9.36 Å². The van der Waals surface area contributed by atoms with Crippen LogP contribution in [0.25, 0.3) is 5.69 Å². The monoisotopic (exact) mass is 573 g/mol. The first-order valence-electron chi connectivity index (χ1n) is 13.0. The normalized spacial score (nSPS) is 14.6. The van der Waals surface area contributed by atoms with Crippen LogP contribution in [0.2, 0.25) is 0 Å². The molecule has 2 aromatic carbocycles. The molecule has 12 nitrogen and oxygen atoms in total. The minimum absolute atomic E-state index is 0.0399. The van der Waals surface area contributed by atoms with E-state index in [9.17, 15) is 19.6 Å². The molecule has 1 amide bonds. The SMILES string of the molecule is CCOC(=O)C1=C(C)OC(N)=C(C#N)C1c1ccc(OCC(=O)Nc2c(C)n(C)n(-c3ccccc3)c2=O)c(OC)c1. The first kappa shape index (κ1) is 29.5. The van der Waals surface area contributed by atoms with E-state index < -0.39 is 24.4 Å². The Kier molecular flexibility index (Phi) is 8.71. The highest BCUT2D eigenvalue weighted by Crippen LogP contribution is 2.42. The molecule has 1 aliphatic heterocycles. The molecule has 218 valence electrons. The van der Waals surface area contributed by atoms with E-state index in [2.05, 4.69) is 5.32 Å². The number of aromatic nitrogens is 2. The van der Waals surface area contributed by atoms with Crippen LogP contribution in [0, 0.1) is 18.3 Å². The Morgan fingerprint density at radius 2 is 1.86 bits per heavy atom. The zero-order chi connectivity index (χ0) is 30.6. The Labute approximate surface area is 242 Å². The molecule has 3 N–H and O–H groups in total. The number of carbonyl (C=O) groups is 2. The standard InChI is InChI=1S/C30H31N5O7/c1-6-40-30(38)25-18(3)42-28(32)21(15-31)26(25)19-12-13-22(23(14-19)39-5)41-16-24(36)33-27-17(2)34(4)35(29(27)37)20-10-8-7-9-11-20/h7-14,26H,6,16,32H2,1-5H3,(H,33,36). The number of nitrogens with two attached hydrogens (primary N) is 1. The molecule has 42 heavy (non-hydrogen) atoms. The van der Waals surface area contributed by atoms with Crippen LogP contribution in [-0.2, 0) is 26.1 Å². The van der Waals surface area contributed by atoms with Gasteiger partial charge in [0.1, 0.15) is 23.1 Å². The molecule has 1 atom stereocenters. The molecule has 0 fully saturated rings. The number of hydrogen-bond donors (Lipinski definition) is 2. The zero-order valence-corrected chi connectivity index (χ0v) is 23.9. The summed E-state index contributed by atoms with van der Waals surface area (Å²) in [6.45, 7) is 4.67. The number of allylic oxidation sites excluding steroid dienone is 2. The number of nitriles is 1. The van der Waals surface area contributed by atoms with Gasteiger partial charge in [-0.15, -0.1) is 0 Å². The van der Waals surface area contributed by atoms with E-state index in [0.717, 1.165) is 0 Å². The molecule has 3 aromatic rings. The second-order valence-corrected chi connectivity index (χ2v) is 9.30. The summed E-state index contributed by atoms with van der Waals surface area (Å²) in [4.78, 5) is 38.7. The summed E-state index contributed by atoms with van der Waals surface area (Å²) in [5.74, 6) is -1.50. The number of esters is 1. The van der Waals surface area contributed by atoms with Crippen molar-refractivity contribution in [1.29, 1.82) is 5.26 Å². The number of ether oxygens (including phenoxy) is 4. The summed E-state index contributed by atoms with van der Waals surface area (Å²) in [5, 5.41) is 12.5. The van der Waals surface area contributed by atoms with Gasteiger partial charge in [0.05, 0.1) is 36.6 Å². The Hall–Kier alpha value is -5.44. The number of hydrogen-bond acceptors (Lipinski definition) is 9. The second kappa shape index (κ2) is 12.4. The number of nitrogens with one attached hydrogen (secondary N) is 1. The van der Waals surface area contributed by atoms with Gasteiger partial charge in [-0.05, 0) is 50.6 Å². The van der Waals surface area contributed by atoms with Crippen molar-refractivity contribution < 1.29 is 28.5 Å². The predicted molar refractivity (Wildman–Crippen MR) is 153 cm³/mol. The van der Waals surface area contributed by atoms with Crippen LogP contribution in [-0.4, -0.2) is 41.6 Å². The van der Waals surface area contributed by atoms with Gasteiger partial charge in [-0.25, -0.2) is 9.48 Å². The zero-order valence-electron chi connectivity index (χ0n) is 23.9. The molecule has 2 heterocycles. The van der Waals surface area contributed by atoms with Crippen molar-refractivity contribution in [3.8, 4) is 23.3 Å². The third-order valence-corrected chi connectivity index (χ3v) is 6.80. The minimum atomic E-state index is -0.873. The van der Waals surface area contributed by atoms with Crippen LogP contribution in [0.3, 0.4) is 0 Å². The number of para-hydroxylation sites is 1. The first-order chi connectivity index (χ1) is 20.1. The van der Waals surface area contributed by atoms with E-state index >= 15 is 0 Å². The first-order valence-corrected chi connectivity index (χ1v) is 13.0. The Morgan fingerprint density at radius 1 is 1.14 bits per heavy atom. The number of rotatable bonds is 9. The van der Waals surface area contributed by atoms with Gasteiger partial charge >= 0.3 is 5.97 Å². The summed E-state index contributed by atoms with van der Waals surface area (Å²) >= 11 is 0. The van der Waals surface area contributed by atoms with E-state index in [-0.39, 0.29) is 52.1 Å².